The van der Waals surface area contributed by atoms with Crippen molar-refractivity contribution in [2.75, 3.05) is 11.9 Å². The molecule has 0 radical (unpaired) electrons. The van der Waals surface area contributed by atoms with E-state index in [4.69, 9.17) is 9.47 Å². The summed E-state index contributed by atoms with van der Waals surface area (Å²) >= 11 is 0. The molecule has 1 unspecified atom stereocenters. The summed E-state index contributed by atoms with van der Waals surface area (Å²) in [5.74, 6) is -2.83. The maximum absolute atomic E-state index is 14.1. The van der Waals surface area contributed by atoms with Crippen molar-refractivity contribution in [1.82, 2.24) is 14.9 Å². The average Bonchev–Trinajstić information content (AvgIpc) is 3.15. The fourth-order valence-corrected chi connectivity index (χ4v) is 5.11. The van der Waals surface area contributed by atoms with E-state index in [9.17, 15) is 24.0 Å². The molecule has 1 saturated heterocycles. The van der Waals surface area contributed by atoms with Gasteiger partial charge in [0, 0.05) is 12.1 Å². The molecule has 5 rings (SSSR count). The van der Waals surface area contributed by atoms with Crippen molar-refractivity contribution in [3.05, 3.63) is 106 Å². The summed E-state index contributed by atoms with van der Waals surface area (Å²) in [6.45, 7) is 1.41. The first-order valence-electron chi connectivity index (χ1n) is 13.8. The highest BCUT2D eigenvalue weighted by molar-refractivity contribution is 6.11. The van der Waals surface area contributed by atoms with Gasteiger partial charge in [-0.2, -0.15) is 0 Å². The lowest BCUT2D eigenvalue weighted by atomic mass is 9.91. The topological polar surface area (TPSA) is 146 Å². The maximum atomic E-state index is 14.1. The third-order valence-electron chi connectivity index (χ3n) is 7.17. The number of hydrogen-bond donors (Lipinski definition) is 2. The van der Waals surface area contributed by atoms with Crippen molar-refractivity contribution in [3.63, 3.8) is 0 Å². The zero-order valence-electron chi connectivity index (χ0n) is 23.5. The molecular formula is C32H30N4O7. The van der Waals surface area contributed by atoms with E-state index in [-0.39, 0.29) is 50.3 Å². The third kappa shape index (κ3) is 6.36. The maximum Gasteiger partial charge on any atom is 0.342 e. The highest BCUT2D eigenvalue weighted by atomic mass is 16.5. The Balaban J connectivity index is 1.46. The van der Waals surface area contributed by atoms with Gasteiger partial charge in [-0.15, -0.1) is 0 Å². The molecule has 2 heterocycles. The highest BCUT2D eigenvalue weighted by Gasteiger charge is 2.52. The highest BCUT2D eigenvalue weighted by Crippen LogP contribution is 2.30. The van der Waals surface area contributed by atoms with Crippen LogP contribution in [0.5, 0.6) is 0 Å². The number of benzene rings is 3. The van der Waals surface area contributed by atoms with E-state index in [0.29, 0.717) is 16.8 Å². The molecule has 3 aromatic carbocycles. The summed E-state index contributed by atoms with van der Waals surface area (Å²) in [5.41, 5.74) is -0.659. The second kappa shape index (κ2) is 12.8. The molecule has 0 saturated carbocycles. The van der Waals surface area contributed by atoms with Gasteiger partial charge >= 0.3 is 5.97 Å². The van der Waals surface area contributed by atoms with Crippen LogP contribution in [-0.4, -0.2) is 39.8 Å². The zero-order valence-corrected chi connectivity index (χ0v) is 23.5. The Hall–Kier alpha value is -5.16. The molecule has 11 nitrogen and oxygen atoms in total. The van der Waals surface area contributed by atoms with E-state index >= 15 is 0 Å². The second-order valence-electron chi connectivity index (χ2n) is 10.2. The van der Waals surface area contributed by atoms with E-state index < -0.39 is 34.8 Å². The molecule has 11 heteroatoms. The van der Waals surface area contributed by atoms with Gasteiger partial charge < -0.3 is 14.8 Å². The van der Waals surface area contributed by atoms with E-state index in [2.05, 4.69) is 15.6 Å². The number of anilines is 1. The summed E-state index contributed by atoms with van der Waals surface area (Å²) in [5, 5.41) is 5.01. The van der Waals surface area contributed by atoms with E-state index in [1.807, 2.05) is 36.4 Å². The number of carbonyl (C=O) groups is 4. The van der Waals surface area contributed by atoms with Crippen molar-refractivity contribution in [3.8, 4) is 0 Å². The smallest absolute Gasteiger partial charge is 0.342 e. The van der Waals surface area contributed by atoms with Crippen LogP contribution in [0, 0.1) is 6.92 Å². The molecule has 1 aromatic heterocycles. The van der Waals surface area contributed by atoms with Crippen LogP contribution in [0.1, 0.15) is 36.2 Å². The minimum Gasteiger partial charge on any atom is -0.459 e. The van der Waals surface area contributed by atoms with Crippen molar-refractivity contribution in [2.45, 2.75) is 44.9 Å². The predicted molar refractivity (Wildman–Crippen MR) is 157 cm³/mol. The monoisotopic (exact) mass is 582 g/mol. The number of aryl methyl sites for hydroxylation is 1. The average molecular weight is 583 g/mol. The normalized spacial score (nSPS) is 16.8. The van der Waals surface area contributed by atoms with Gasteiger partial charge in [0.05, 0.1) is 17.5 Å². The molecule has 220 valence electrons. The summed E-state index contributed by atoms with van der Waals surface area (Å²) < 4.78 is 12.1. The Morgan fingerprint density at radius 3 is 2.33 bits per heavy atom. The number of hydrogen-bond acceptors (Lipinski definition) is 8. The number of carbonyl (C=O) groups excluding carboxylic acids is 4. The molecule has 0 bridgehead atoms. The third-order valence-corrected chi connectivity index (χ3v) is 7.17. The Morgan fingerprint density at radius 1 is 0.953 bits per heavy atom. The Kier molecular flexibility index (Phi) is 8.72. The molecule has 1 atom stereocenters. The lowest BCUT2D eigenvalue weighted by Crippen LogP contribution is -2.58. The standard InChI is InChI=1S/C32H30N4O7/c1-21-33-26-15-14-24(34-28(38)20-42-18-22-9-4-2-5-10-22)17-25(26)29(39)36(21)32(16-8-13-27(37)35-30(32)40)31(41)43-19-23-11-6-3-7-12-23/h2-7,9-12,14-15,17H,8,13,16,18-20H2,1H3,(H,34,38)(H,35,37,40). The van der Waals surface area contributed by atoms with Crippen molar-refractivity contribution in [1.29, 1.82) is 0 Å². The minimum absolute atomic E-state index is 0.00319. The molecule has 3 amide bonds. The van der Waals surface area contributed by atoms with Gasteiger partial charge in [-0.25, -0.2) is 9.78 Å². The lowest BCUT2D eigenvalue weighted by molar-refractivity contribution is -0.161. The number of rotatable bonds is 9. The fourth-order valence-electron chi connectivity index (χ4n) is 5.11. The largest absolute Gasteiger partial charge is 0.459 e. The molecule has 1 fully saturated rings. The van der Waals surface area contributed by atoms with Gasteiger partial charge in [0.25, 0.3) is 11.5 Å². The molecule has 2 N–H and O–H groups in total. The number of nitrogens with zero attached hydrogens (tertiary/aromatic N) is 2. The van der Waals surface area contributed by atoms with E-state index in [1.54, 1.807) is 36.4 Å². The molecule has 43 heavy (non-hydrogen) atoms. The van der Waals surface area contributed by atoms with Gasteiger partial charge in [0.1, 0.15) is 19.0 Å². The minimum atomic E-state index is -2.17. The van der Waals surface area contributed by atoms with Gasteiger partial charge in [0.2, 0.25) is 17.4 Å². The Morgan fingerprint density at radius 2 is 1.63 bits per heavy atom. The van der Waals surface area contributed by atoms with Gasteiger partial charge in [-0.05, 0) is 49.1 Å². The number of imide groups is 1. The van der Waals surface area contributed by atoms with Crippen LogP contribution < -0.4 is 16.2 Å². The second-order valence-corrected chi connectivity index (χ2v) is 10.2. The van der Waals surface area contributed by atoms with Crippen molar-refractivity contribution >= 4 is 40.3 Å². The van der Waals surface area contributed by atoms with E-state index in [0.717, 1.165) is 10.1 Å². The summed E-state index contributed by atoms with van der Waals surface area (Å²) in [4.78, 5) is 70.7. The first kappa shape index (κ1) is 29.3. The molecule has 1 aliphatic rings. The van der Waals surface area contributed by atoms with Crippen LogP contribution in [-0.2, 0) is 47.4 Å². The number of esters is 1. The number of amides is 3. The van der Waals surface area contributed by atoms with Crippen LogP contribution in [0.2, 0.25) is 0 Å². The number of ether oxygens (including phenoxy) is 2. The van der Waals surface area contributed by atoms with Gasteiger partial charge in [-0.1, -0.05) is 60.7 Å². The molecule has 4 aromatic rings. The van der Waals surface area contributed by atoms with Crippen LogP contribution in [0.3, 0.4) is 0 Å². The van der Waals surface area contributed by atoms with Gasteiger partial charge in [0.15, 0.2) is 0 Å². The SMILES string of the molecule is Cc1nc2ccc(NC(=O)COCc3ccccc3)cc2c(=O)n1C1(C(=O)OCc2ccccc2)CCCC(=O)NC1=O. The molecule has 0 aliphatic carbocycles. The van der Waals surface area contributed by atoms with Crippen molar-refractivity contribution < 1.29 is 28.7 Å². The van der Waals surface area contributed by atoms with E-state index in [1.165, 1.54) is 13.0 Å². The fraction of sp³-hybridized carbons (Fsp3) is 0.250. The number of fused-ring (bicyclic) bond motifs is 1. The van der Waals surface area contributed by atoms with Crippen LogP contribution in [0.15, 0.2) is 83.7 Å². The lowest BCUT2D eigenvalue weighted by Gasteiger charge is -2.31. The Bertz CT molecular complexity index is 1740. The zero-order chi connectivity index (χ0) is 30.4. The molecular weight excluding hydrogens is 552 g/mol. The van der Waals surface area contributed by atoms with Crippen LogP contribution >= 0.6 is 0 Å². The first-order valence-corrected chi connectivity index (χ1v) is 13.8. The van der Waals surface area contributed by atoms with Crippen LogP contribution in [0.25, 0.3) is 10.9 Å². The van der Waals surface area contributed by atoms with Gasteiger partial charge in [-0.3, -0.25) is 29.1 Å². The first-order chi connectivity index (χ1) is 20.8. The van der Waals surface area contributed by atoms with Crippen molar-refractivity contribution in [2.24, 2.45) is 0 Å². The summed E-state index contributed by atoms with van der Waals surface area (Å²) in [7, 11) is 0. The quantitative estimate of drug-likeness (QED) is 0.174. The number of aromatic nitrogens is 2. The number of nitrogens with one attached hydrogen (secondary N) is 2. The molecule has 1 aliphatic heterocycles. The van der Waals surface area contributed by atoms with Crippen LogP contribution in [0.4, 0.5) is 5.69 Å². The predicted octanol–water partition coefficient (Wildman–Crippen LogP) is 3.13. The summed E-state index contributed by atoms with van der Waals surface area (Å²) in [6.07, 6.45) is -0.000891. The molecule has 0 spiro atoms. The summed E-state index contributed by atoms with van der Waals surface area (Å²) in [6, 6.07) is 22.9. The Labute approximate surface area is 246 Å².